The zero-order valence-electron chi connectivity index (χ0n) is 16.3. The number of nitrogens with zero attached hydrogens (tertiary/aromatic N) is 1. The zero-order chi connectivity index (χ0) is 19.4. The monoisotopic (exact) mass is 367 g/mol. The maximum Gasteiger partial charge on any atom is 0.315 e. The normalized spacial score (nSPS) is 17.2. The predicted molar refractivity (Wildman–Crippen MR) is 108 cm³/mol. The van der Waals surface area contributed by atoms with Gasteiger partial charge in [-0.25, -0.2) is 4.79 Å². The number of amides is 2. The van der Waals surface area contributed by atoms with Gasteiger partial charge in [0.05, 0.1) is 0 Å². The van der Waals surface area contributed by atoms with E-state index in [1.807, 2.05) is 44.2 Å². The topological polar surface area (TPSA) is 64.6 Å². The lowest BCUT2D eigenvalue weighted by molar-refractivity contribution is 0.199. The fraction of sp³-hybridized carbons (Fsp3) is 0.409. The van der Waals surface area contributed by atoms with Crippen LogP contribution >= 0.6 is 0 Å². The van der Waals surface area contributed by atoms with Crippen molar-refractivity contribution in [1.82, 2.24) is 15.5 Å². The van der Waals surface area contributed by atoms with Crippen LogP contribution in [0.5, 0.6) is 5.75 Å². The number of rotatable bonds is 5. The van der Waals surface area contributed by atoms with Crippen LogP contribution in [-0.4, -0.2) is 41.2 Å². The summed E-state index contributed by atoms with van der Waals surface area (Å²) in [6.07, 6.45) is 1.64. The molecule has 1 heterocycles. The average molecular weight is 367 g/mol. The Morgan fingerprint density at radius 3 is 2.67 bits per heavy atom. The average Bonchev–Trinajstić information content (AvgIpc) is 2.60. The Morgan fingerprint density at radius 2 is 1.93 bits per heavy atom. The van der Waals surface area contributed by atoms with Gasteiger partial charge in [-0.2, -0.15) is 0 Å². The van der Waals surface area contributed by atoms with Crippen molar-refractivity contribution in [2.45, 2.75) is 44.8 Å². The molecule has 3 rings (SSSR count). The maximum atomic E-state index is 12.4. The molecule has 0 spiro atoms. The molecule has 0 aliphatic carbocycles. The van der Waals surface area contributed by atoms with Gasteiger partial charge in [0.15, 0.2) is 0 Å². The van der Waals surface area contributed by atoms with E-state index in [1.165, 1.54) is 11.1 Å². The minimum absolute atomic E-state index is 0.138. The van der Waals surface area contributed by atoms with Crippen LogP contribution in [0.15, 0.2) is 48.5 Å². The van der Waals surface area contributed by atoms with Gasteiger partial charge in [0.1, 0.15) is 5.75 Å². The van der Waals surface area contributed by atoms with Gasteiger partial charge in [-0.1, -0.05) is 36.4 Å². The lowest BCUT2D eigenvalue weighted by Gasteiger charge is -2.34. The fourth-order valence-electron chi connectivity index (χ4n) is 3.71. The summed E-state index contributed by atoms with van der Waals surface area (Å²) >= 11 is 0. The standard InChI is InChI=1S/C22H29N3O2/c1-22(2,13-16-7-5-4-6-8-16)24-21(27)23-14-19-11-17-9-10-20(26)12-18(17)15-25(19)3/h4-10,12,19,26H,11,13-15H2,1-3H3,(H2,23,24,27). The summed E-state index contributed by atoms with van der Waals surface area (Å²) in [6, 6.07) is 15.8. The molecular formula is C22H29N3O2. The van der Waals surface area contributed by atoms with Crippen molar-refractivity contribution in [3.05, 3.63) is 65.2 Å². The summed E-state index contributed by atoms with van der Waals surface area (Å²) in [5.74, 6) is 0.304. The Labute approximate surface area is 161 Å². The van der Waals surface area contributed by atoms with Crippen LogP contribution < -0.4 is 10.6 Å². The molecule has 2 amide bonds. The Balaban J connectivity index is 1.52. The Hall–Kier alpha value is -2.53. The van der Waals surface area contributed by atoms with E-state index in [4.69, 9.17) is 0 Å². The van der Waals surface area contributed by atoms with Crippen LogP contribution in [-0.2, 0) is 19.4 Å². The molecule has 0 aromatic heterocycles. The highest BCUT2D eigenvalue weighted by Crippen LogP contribution is 2.25. The quantitative estimate of drug-likeness (QED) is 0.761. The second-order valence-electron chi connectivity index (χ2n) is 8.11. The zero-order valence-corrected chi connectivity index (χ0v) is 16.3. The van der Waals surface area contributed by atoms with E-state index in [0.717, 1.165) is 24.9 Å². The molecule has 0 radical (unpaired) electrons. The van der Waals surface area contributed by atoms with Gasteiger partial charge < -0.3 is 15.7 Å². The van der Waals surface area contributed by atoms with Crippen LogP contribution in [0.4, 0.5) is 4.79 Å². The molecule has 1 atom stereocenters. The first-order chi connectivity index (χ1) is 12.8. The molecule has 0 bridgehead atoms. The first-order valence-corrected chi connectivity index (χ1v) is 9.43. The molecule has 1 aliphatic rings. The van der Waals surface area contributed by atoms with Crippen molar-refractivity contribution in [3.63, 3.8) is 0 Å². The Bertz CT molecular complexity index is 789. The van der Waals surface area contributed by atoms with Crippen molar-refractivity contribution < 1.29 is 9.90 Å². The van der Waals surface area contributed by atoms with Crippen molar-refractivity contribution in [2.75, 3.05) is 13.6 Å². The lowest BCUT2D eigenvalue weighted by atomic mass is 9.94. The number of phenols is 1. The Kier molecular flexibility index (Phi) is 5.71. The summed E-state index contributed by atoms with van der Waals surface area (Å²) in [5.41, 5.74) is 3.27. The molecule has 0 fully saturated rings. The smallest absolute Gasteiger partial charge is 0.315 e. The van der Waals surface area contributed by atoms with Crippen molar-refractivity contribution >= 4 is 6.03 Å². The summed E-state index contributed by atoms with van der Waals surface area (Å²) in [7, 11) is 2.05. The predicted octanol–water partition coefficient (Wildman–Crippen LogP) is 3.07. The fourth-order valence-corrected chi connectivity index (χ4v) is 3.71. The first-order valence-electron chi connectivity index (χ1n) is 9.43. The van der Waals surface area contributed by atoms with Crippen LogP contribution in [0.25, 0.3) is 0 Å². The molecule has 0 saturated carbocycles. The van der Waals surface area contributed by atoms with E-state index >= 15 is 0 Å². The largest absolute Gasteiger partial charge is 0.508 e. The Morgan fingerprint density at radius 1 is 1.19 bits per heavy atom. The minimum Gasteiger partial charge on any atom is -0.508 e. The number of fused-ring (bicyclic) bond motifs is 1. The molecule has 2 aromatic rings. The van der Waals surface area contributed by atoms with Crippen molar-refractivity contribution in [3.8, 4) is 5.75 Å². The van der Waals surface area contributed by atoms with Crippen LogP contribution in [0.3, 0.4) is 0 Å². The van der Waals surface area contributed by atoms with Gasteiger partial charge in [0, 0.05) is 24.7 Å². The molecule has 5 heteroatoms. The number of hydrogen-bond donors (Lipinski definition) is 3. The van der Waals surface area contributed by atoms with E-state index in [2.05, 4.69) is 34.7 Å². The molecule has 0 saturated heterocycles. The molecular weight excluding hydrogens is 338 g/mol. The molecule has 3 N–H and O–H groups in total. The van der Waals surface area contributed by atoms with E-state index in [9.17, 15) is 9.90 Å². The molecule has 5 nitrogen and oxygen atoms in total. The number of hydrogen-bond acceptors (Lipinski definition) is 3. The molecule has 144 valence electrons. The minimum atomic E-state index is -0.325. The number of phenolic OH excluding ortho intramolecular Hbond substituents is 1. The number of benzene rings is 2. The number of nitrogens with one attached hydrogen (secondary N) is 2. The van der Waals surface area contributed by atoms with Gasteiger partial charge >= 0.3 is 6.03 Å². The number of urea groups is 1. The van der Waals surface area contributed by atoms with Gasteiger partial charge in [0.25, 0.3) is 0 Å². The number of likely N-dealkylation sites (N-methyl/N-ethyl adjacent to an activating group) is 1. The summed E-state index contributed by atoms with van der Waals surface area (Å²) < 4.78 is 0. The van der Waals surface area contributed by atoms with E-state index in [1.54, 1.807) is 6.07 Å². The van der Waals surface area contributed by atoms with Gasteiger partial charge in [-0.3, -0.25) is 4.90 Å². The maximum absolute atomic E-state index is 12.4. The second kappa shape index (κ2) is 8.01. The summed E-state index contributed by atoms with van der Waals surface area (Å²) in [4.78, 5) is 14.6. The van der Waals surface area contributed by atoms with E-state index in [-0.39, 0.29) is 17.6 Å². The first kappa shape index (κ1) is 19.2. The number of carbonyl (C=O) groups is 1. The van der Waals surface area contributed by atoms with Crippen molar-refractivity contribution in [1.29, 1.82) is 0 Å². The van der Waals surface area contributed by atoms with Gasteiger partial charge in [-0.05, 0) is 62.6 Å². The third kappa shape index (κ3) is 5.23. The highest BCUT2D eigenvalue weighted by atomic mass is 16.3. The lowest BCUT2D eigenvalue weighted by Crippen LogP contribution is -2.53. The van der Waals surface area contributed by atoms with Crippen LogP contribution in [0, 0.1) is 0 Å². The summed E-state index contributed by atoms with van der Waals surface area (Å²) in [6.45, 7) is 5.44. The highest BCUT2D eigenvalue weighted by Gasteiger charge is 2.25. The third-order valence-electron chi connectivity index (χ3n) is 5.13. The van der Waals surface area contributed by atoms with E-state index < -0.39 is 0 Å². The molecule has 27 heavy (non-hydrogen) atoms. The van der Waals surface area contributed by atoms with Crippen LogP contribution in [0.1, 0.15) is 30.5 Å². The number of aromatic hydroxyl groups is 1. The highest BCUT2D eigenvalue weighted by molar-refractivity contribution is 5.74. The molecule has 2 aromatic carbocycles. The van der Waals surface area contributed by atoms with Gasteiger partial charge in [-0.15, -0.1) is 0 Å². The second-order valence-corrected chi connectivity index (χ2v) is 8.11. The SMILES string of the molecule is CN1Cc2cc(O)ccc2CC1CNC(=O)NC(C)(C)Cc1ccccc1. The van der Waals surface area contributed by atoms with Gasteiger partial charge in [0.2, 0.25) is 0 Å². The summed E-state index contributed by atoms with van der Waals surface area (Å²) in [5, 5.41) is 15.8. The van der Waals surface area contributed by atoms with Crippen LogP contribution in [0.2, 0.25) is 0 Å². The molecule has 1 unspecified atom stereocenters. The van der Waals surface area contributed by atoms with E-state index in [0.29, 0.717) is 12.3 Å². The molecule has 1 aliphatic heterocycles. The third-order valence-corrected chi connectivity index (χ3v) is 5.13. The number of carbonyl (C=O) groups excluding carboxylic acids is 1. The van der Waals surface area contributed by atoms with Crippen molar-refractivity contribution in [2.24, 2.45) is 0 Å².